The number of nitrogens with zero attached hydrogens (tertiary/aromatic N) is 4. The third-order valence-electron chi connectivity index (χ3n) is 5.57. The quantitative estimate of drug-likeness (QED) is 0.577. The summed E-state index contributed by atoms with van der Waals surface area (Å²) in [7, 11) is -1.74. The Labute approximate surface area is 197 Å². The Hall–Kier alpha value is -3.13. The number of nitrogens with one attached hydrogen (secondary N) is 1. The molecule has 4 rings (SSSR count). The Morgan fingerprint density at radius 3 is 2.48 bits per heavy atom. The van der Waals surface area contributed by atoms with E-state index in [4.69, 9.17) is 5.26 Å². The first-order valence-corrected chi connectivity index (χ1v) is 12.7. The zero-order chi connectivity index (χ0) is 23.4. The molecule has 1 N–H and O–H groups in total. The van der Waals surface area contributed by atoms with Crippen LogP contribution in [0.15, 0.2) is 75.9 Å². The van der Waals surface area contributed by atoms with E-state index in [1.807, 2.05) is 48.1 Å². The van der Waals surface area contributed by atoms with E-state index in [1.54, 1.807) is 6.20 Å². The lowest BCUT2D eigenvalue weighted by atomic mass is 9.97. The standard InChI is InChI=1S/C23H23N5O3S2/c1-27-15-12-25-23(27)32-21-5-3-2-4-20(21)26-22(29)18-10-13-28(14-11-18)33(30,31)19-8-6-17(16-24)7-9-19/h2-9,12,15,18H,10-11,13-14H2,1H3,(H,26,29). The van der Waals surface area contributed by atoms with Crippen LogP contribution < -0.4 is 5.32 Å². The Morgan fingerprint density at radius 2 is 1.85 bits per heavy atom. The van der Waals surface area contributed by atoms with Crippen molar-refractivity contribution in [3.05, 3.63) is 66.5 Å². The summed E-state index contributed by atoms with van der Waals surface area (Å²) in [6.45, 7) is 0.536. The lowest BCUT2D eigenvalue weighted by Gasteiger charge is -2.30. The molecular weight excluding hydrogens is 458 g/mol. The molecule has 170 valence electrons. The van der Waals surface area contributed by atoms with Crippen LogP contribution in [0.3, 0.4) is 0 Å². The molecule has 3 aromatic rings. The summed E-state index contributed by atoms with van der Waals surface area (Å²) in [5, 5.41) is 12.7. The summed E-state index contributed by atoms with van der Waals surface area (Å²) in [6, 6.07) is 15.4. The van der Waals surface area contributed by atoms with E-state index < -0.39 is 10.0 Å². The van der Waals surface area contributed by atoms with Gasteiger partial charge in [0.1, 0.15) is 0 Å². The van der Waals surface area contributed by atoms with Crippen LogP contribution >= 0.6 is 11.8 Å². The number of carbonyl (C=O) groups excluding carboxylic acids is 1. The van der Waals surface area contributed by atoms with Gasteiger partial charge in [-0.3, -0.25) is 4.79 Å². The summed E-state index contributed by atoms with van der Waals surface area (Å²) < 4.78 is 29.1. The molecule has 0 saturated carbocycles. The maximum absolute atomic E-state index is 12.9. The van der Waals surface area contributed by atoms with Gasteiger partial charge in [-0.15, -0.1) is 0 Å². The fraction of sp³-hybridized carbons (Fsp3) is 0.261. The number of nitriles is 1. The number of hydrogen-bond donors (Lipinski definition) is 1. The summed E-state index contributed by atoms with van der Waals surface area (Å²) in [6.07, 6.45) is 4.47. The van der Waals surface area contributed by atoms with E-state index in [0.29, 0.717) is 24.1 Å². The molecule has 2 aromatic carbocycles. The lowest BCUT2D eigenvalue weighted by molar-refractivity contribution is -0.120. The second kappa shape index (κ2) is 9.79. The number of rotatable bonds is 6. The molecule has 0 bridgehead atoms. The molecule has 10 heteroatoms. The molecule has 0 aliphatic carbocycles. The van der Waals surface area contributed by atoms with E-state index >= 15 is 0 Å². The van der Waals surface area contributed by atoms with Crippen LogP contribution in [0.25, 0.3) is 0 Å². The van der Waals surface area contributed by atoms with Crippen molar-refractivity contribution in [2.75, 3.05) is 18.4 Å². The van der Waals surface area contributed by atoms with Crippen molar-refractivity contribution in [2.45, 2.75) is 27.8 Å². The Bertz CT molecular complexity index is 1290. The number of para-hydroxylation sites is 1. The molecule has 0 unspecified atom stereocenters. The number of hydrogen-bond acceptors (Lipinski definition) is 6. The summed E-state index contributed by atoms with van der Waals surface area (Å²) in [5.74, 6) is -0.387. The van der Waals surface area contributed by atoms with Gasteiger partial charge in [0.15, 0.2) is 5.16 Å². The minimum Gasteiger partial charge on any atom is -0.329 e. The minimum atomic E-state index is -3.66. The molecule has 1 saturated heterocycles. The van der Waals surface area contributed by atoms with Gasteiger partial charge in [0.25, 0.3) is 0 Å². The molecular formula is C23H23N5O3S2. The number of aryl methyl sites for hydroxylation is 1. The first kappa shape index (κ1) is 23.0. The van der Waals surface area contributed by atoms with Crippen molar-refractivity contribution in [1.29, 1.82) is 5.26 Å². The molecule has 1 aliphatic rings. The Morgan fingerprint density at radius 1 is 1.15 bits per heavy atom. The molecule has 1 aromatic heterocycles. The van der Waals surface area contributed by atoms with E-state index in [1.165, 1.54) is 40.3 Å². The molecule has 2 heterocycles. The average Bonchev–Trinajstić information content (AvgIpc) is 3.24. The van der Waals surface area contributed by atoms with E-state index in [-0.39, 0.29) is 29.8 Å². The van der Waals surface area contributed by atoms with Gasteiger partial charge in [0.05, 0.1) is 22.2 Å². The average molecular weight is 482 g/mol. The second-order valence-corrected chi connectivity index (χ2v) is 10.7. The van der Waals surface area contributed by atoms with Crippen LogP contribution in [0.4, 0.5) is 5.69 Å². The zero-order valence-corrected chi connectivity index (χ0v) is 19.6. The first-order chi connectivity index (χ1) is 15.9. The fourth-order valence-corrected chi connectivity index (χ4v) is 6.01. The Kier molecular flexibility index (Phi) is 6.83. The zero-order valence-electron chi connectivity index (χ0n) is 18.0. The summed E-state index contributed by atoms with van der Waals surface area (Å²) in [4.78, 5) is 18.3. The van der Waals surface area contributed by atoms with E-state index in [2.05, 4.69) is 10.3 Å². The Balaban J connectivity index is 1.39. The summed E-state index contributed by atoms with van der Waals surface area (Å²) in [5.41, 5.74) is 1.12. The highest BCUT2D eigenvalue weighted by Gasteiger charge is 2.32. The number of aromatic nitrogens is 2. The minimum absolute atomic E-state index is 0.113. The normalized spacial score (nSPS) is 15.2. The summed E-state index contributed by atoms with van der Waals surface area (Å²) >= 11 is 1.47. The van der Waals surface area contributed by atoms with Gasteiger partial charge in [0.2, 0.25) is 15.9 Å². The second-order valence-electron chi connectivity index (χ2n) is 7.72. The maximum atomic E-state index is 12.9. The molecule has 1 aliphatic heterocycles. The van der Waals surface area contributed by atoms with Gasteiger partial charge in [-0.1, -0.05) is 12.1 Å². The number of amides is 1. The number of carbonyl (C=O) groups is 1. The fourth-order valence-electron chi connectivity index (χ4n) is 3.65. The van der Waals surface area contributed by atoms with Crippen molar-refractivity contribution in [3.63, 3.8) is 0 Å². The van der Waals surface area contributed by atoms with Gasteiger partial charge >= 0.3 is 0 Å². The smallest absolute Gasteiger partial charge is 0.243 e. The van der Waals surface area contributed by atoms with Gasteiger partial charge in [-0.2, -0.15) is 9.57 Å². The first-order valence-electron chi connectivity index (χ1n) is 10.4. The number of imidazole rings is 1. The number of piperidine rings is 1. The van der Waals surface area contributed by atoms with Gasteiger partial charge in [-0.05, 0) is 61.0 Å². The predicted molar refractivity (Wildman–Crippen MR) is 125 cm³/mol. The third kappa shape index (κ3) is 5.11. The van der Waals surface area contributed by atoms with E-state index in [9.17, 15) is 13.2 Å². The van der Waals surface area contributed by atoms with Crippen LogP contribution in [0, 0.1) is 17.2 Å². The number of benzene rings is 2. The monoisotopic (exact) mass is 481 g/mol. The van der Waals surface area contributed by atoms with Crippen molar-refractivity contribution < 1.29 is 13.2 Å². The maximum Gasteiger partial charge on any atom is 0.243 e. The van der Waals surface area contributed by atoms with Crippen molar-refractivity contribution in [1.82, 2.24) is 13.9 Å². The molecule has 8 nitrogen and oxygen atoms in total. The number of anilines is 1. The van der Waals surface area contributed by atoms with E-state index in [0.717, 1.165) is 10.1 Å². The van der Waals surface area contributed by atoms with Gasteiger partial charge in [0, 0.05) is 43.3 Å². The molecule has 0 radical (unpaired) electrons. The van der Waals surface area contributed by atoms with Crippen LogP contribution in [0.2, 0.25) is 0 Å². The molecule has 1 fully saturated rings. The molecule has 0 atom stereocenters. The highest BCUT2D eigenvalue weighted by Crippen LogP contribution is 2.33. The SMILES string of the molecule is Cn1ccnc1Sc1ccccc1NC(=O)C1CCN(S(=O)(=O)c2ccc(C#N)cc2)CC1. The third-order valence-corrected chi connectivity index (χ3v) is 8.63. The van der Waals surface area contributed by atoms with Crippen molar-refractivity contribution in [2.24, 2.45) is 13.0 Å². The van der Waals surface area contributed by atoms with Gasteiger partial charge in [-0.25, -0.2) is 13.4 Å². The van der Waals surface area contributed by atoms with Crippen molar-refractivity contribution in [3.8, 4) is 6.07 Å². The molecule has 33 heavy (non-hydrogen) atoms. The molecule has 1 amide bonds. The number of sulfonamides is 1. The highest BCUT2D eigenvalue weighted by molar-refractivity contribution is 7.99. The van der Waals surface area contributed by atoms with Crippen molar-refractivity contribution >= 4 is 33.4 Å². The highest BCUT2D eigenvalue weighted by atomic mass is 32.2. The van der Waals surface area contributed by atoms with Crippen LogP contribution in [0.1, 0.15) is 18.4 Å². The molecule has 0 spiro atoms. The lowest BCUT2D eigenvalue weighted by Crippen LogP contribution is -2.41. The topological polar surface area (TPSA) is 108 Å². The predicted octanol–water partition coefficient (Wildman–Crippen LogP) is 3.48. The van der Waals surface area contributed by atoms with Crippen LogP contribution in [-0.4, -0.2) is 41.3 Å². The van der Waals surface area contributed by atoms with Crippen LogP contribution in [0.5, 0.6) is 0 Å². The van der Waals surface area contributed by atoms with Gasteiger partial charge < -0.3 is 9.88 Å². The van der Waals surface area contributed by atoms with Crippen LogP contribution in [-0.2, 0) is 21.9 Å². The largest absolute Gasteiger partial charge is 0.329 e.